The number of hydrogen-bond donors (Lipinski definition) is 1. The van der Waals surface area contributed by atoms with Crippen molar-refractivity contribution in [3.05, 3.63) is 57.2 Å². The first-order valence-electron chi connectivity index (χ1n) is 7.21. The summed E-state index contributed by atoms with van der Waals surface area (Å²) >= 11 is 3.43. The second-order valence-electron chi connectivity index (χ2n) is 5.91. The van der Waals surface area contributed by atoms with Crippen LogP contribution in [0.25, 0.3) is 0 Å². The zero-order valence-corrected chi connectivity index (χ0v) is 13.9. The van der Waals surface area contributed by atoms with Crippen LogP contribution in [0.15, 0.2) is 34.9 Å². The molecule has 1 aromatic carbocycles. The van der Waals surface area contributed by atoms with Gasteiger partial charge in [0.05, 0.1) is 18.1 Å². The fourth-order valence-electron chi connectivity index (χ4n) is 3.52. The quantitative estimate of drug-likeness (QED) is 0.781. The summed E-state index contributed by atoms with van der Waals surface area (Å²) in [6.07, 6.45) is 2.85. The Labute approximate surface area is 141 Å². The molecule has 0 unspecified atom stereocenters. The molecule has 6 heteroatoms. The molecule has 116 valence electrons. The van der Waals surface area contributed by atoms with E-state index in [2.05, 4.69) is 26.2 Å². The SMILES string of the molecule is COC(=O)c1ccc2c(c1)C[C@@]1(C2)C(=O)Nc2ncc(Br)cc21. The molecule has 2 aromatic rings. The number of ether oxygens (including phenoxy) is 1. The number of esters is 1. The van der Waals surface area contributed by atoms with Crippen LogP contribution in [0, 0.1) is 0 Å². The van der Waals surface area contributed by atoms with Gasteiger partial charge in [-0.1, -0.05) is 6.07 Å². The first kappa shape index (κ1) is 14.4. The molecule has 4 rings (SSSR count). The lowest BCUT2D eigenvalue weighted by Crippen LogP contribution is -2.35. The third-order valence-corrected chi connectivity index (χ3v) is 5.08. The molecule has 1 aliphatic heterocycles. The summed E-state index contributed by atoms with van der Waals surface area (Å²) < 4.78 is 5.62. The molecule has 0 saturated carbocycles. The average molecular weight is 373 g/mol. The zero-order chi connectivity index (χ0) is 16.2. The summed E-state index contributed by atoms with van der Waals surface area (Å²) in [5.74, 6) is 0.225. The van der Waals surface area contributed by atoms with Crippen molar-refractivity contribution < 1.29 is 14.3 Å². The number of fused-ring (bicyclic) bond motifs is 3. The van der Waals surface area contributed by atoms with Crippen molar-refractivity contribution in [1.82, 2.24) is 4.98 Å². The van der Waals surface area contributed by atoms with Crippen LogP contribution < -0.4 is 5.32 Å². The minimum Gasteiger partial charge on any atom is -0.465 e. The van der Waals surface area contributed by atoms with E-state index in [1.807, 2.05) is 18.2 Å². The van der Waals surface area contributed by atoms with Gasteiger partial charge >= 0.3 is 5.97 Å². The third kappa shape index (κ3) is 2.01. The fraction of sp³-hybridized carbons (Fsp3) is 0.235. The second-order valence-corrected chi connectivity index (χ2v) is 6.83. The number of methoxy groups -OCH3 is 1. The highest BCUT2D eigenvalue weighted by atomic mass is 79.9. The maximum Gasteiger partial charge on any atom is 0.337 e. The van der Waals surface area contributed by atoms with Gasteiger partial charge in [-0.25, -0.2) is 9.78 Å². The summed E-state index contributed by atoms with van der Waals surface area (Å²) in [4.78, 5) is 28.7. The van der Waals surface area contributed by atoms with Gasteiger partial charge in [-0.05, 0) is 58.1 Å². The van der Waals surface area contributed by atoms with Gasteiger partial charge in [0.1, 0.15) is 5.82 Å². The van der Waals surface area contributed by atoms with Crippen molar-refractivity contribution in [3.8, 4) is 0 Å². The monoisotopic (exact) mass is 372 g/mol. The molecular weight excluding hydrogens is 360 g/mol. The van der Waals surface area contributed by atoms with Gasteiger partial charge in [-0.15, -0.1) is 0 Å². The Morgan fingerprint density at radius 1 is 1.30 bits per heavy atom. The van der Waals surface area contributed by atoms with E-state index in [9.17, 15) is 9.59 Å². The molecule has 1 N–H and O–H groups in total. The topological polar surface area (TPSA) is 68.3 Å². The standard InChI is InChI=1S/C17H13BrN2O3/c1-23-15(21)9-2-3-10-6-17(7-11(10)4-9)13-5-12(18)8-19-14(13)20-16(17)22/h2-5,8H,6-7H2,1H3,(H,19,20,22)/t17-/m1/s1. The van der Waals surface area contributed by atoms with E-state index in [0.717, 1.165) is 21.2 Å². The first-order chi connectivity index (χ1) is 11.0. The van der Waals surface area contributed by atoms with Crippen molar-refractivity contribution in [2.75, 3.05) is 12.4 Å². The molecule has 23 heavy (non-hydrogen) atoms. The fourth-order valence-corrected chi connectivity index (χ4v) is 3.86. The smallest absolute Gasteiger partial charge is 0.337 e. The number of halogens is 1. The Bertz CT molecular complexity index is 865. The number of pyridine rings is 1. The summed E-state index contributed by atoms with van der Waals surface area (Å²) in [6, 6.07) is 7.43. The molecule has 5 nitrogen and oxygen atoms in total. The van der Waals surface area contributed by atoms with E-state index in [-0.39, 0.29) is 11.9 Å². The van der Waals surface area contributed by atoms with E-state index in [0.29, 0.717) is 24.2 Å². The van der Waals surface area contributed by atoms with Crippen LogP contribution in [-0.2, 0) is 27.8 Å². The number of carbonyl (C=O) groups excluding carboxylic acids is 2. The Morgan fingerprint density at radius 2 is 2.09 bits per heavy atom. The summed E-state index contributed by atoms with van der Waals surface area (Å²) in [7, 11) is 1.36. The number of benzene rings is 1. The van der Waals surface area contributed by atoms with Crippen molar-refractivity contribution >= 4 is 33.6 Å². The normalized spacial score (nSPS) is 21.0. The highest BCUT2D eigenvalue weighted by Crippen LogP contribution is 2.47. The summed E-state index contributed by atoms with van der Waals surface area (Å²) in [6.45, 7) is 0. The van der Waals surface area contributed by atoms with Gasteiger partial charge in [0.25, 0.3) is 0 Å². The largest absolute Gasteiger partial charge is 0.465 e. The van der Waals surface area contributed by atoms with E-state index in [1.54, 1.807) is 12.3 Å². The number of amides is 1. The summed E-state index contributed by atoms with van der Waals surface area (Å²) in [5.41, 5.74) is 2.88. The van der Waals surface area contributed by atoms with Crippen LogP contribution in [-0.4, -0.2) is 24.0 Å². The molecule has 0 bridgehead atoms. The molecule has 2 aliphatic rings. The second kappa shape index (κ2) is 4.89. The lowest BCUT2D eigenvalue weighted by molar-refractivity contribution is -0.120. The molecule has 0 saturated heterocycles. The van der Waals surface area contributed by atoms with E-state index in [4.69, 9.17) is 4.74 Å². The van der Waals surface area contributed by atoms with Crippen molar-refractivity contribution in [2.24, 2.45) is 0 Å². The minimum absolute atomic E-state index is 0.0334. The maximum absolute atomic E-state index is 12.7. The van der Waals surface area contributed by atoms with Crippen molar-refractivity contribution in [3.63, 3.8) is 0 Å². The van der Waals surface area contributed by atoms with E-state index >= 15 is 0 Å². The summed E-state index contributed by atoms with van der Waals surface area (Å²) in [5, 5.41) is 2.88. The number of aromatic nitrogens is 1. The van der Waals surface area contributed by atoms with Gasteiger partial charge in [-0.3, -0.25) is 4.79 Å². The van der Waals surface area contributed by atoms with Gasteiger partial charge in [-0.2, -0.15) is 0 Å². The van der Waals surface area contributed by atoms with Crippen LogP contribution >= 0.6 is 15.9 Å². The Hall–Kier alpha value is -2.21. The number of nitrogens with one attached hydrogen (secondary N) is 1. The van der Waals surface area contributed by atoms with Gasteiger partial charge in [0.2, 0.25) is 5.91 Å². The molecule has 0 radical (unpaired) electrons. The molecule has 1 aromatic heterocycles. The molecule has 0 fully saturated rings. The van der Waals surface area contributed by atoms with Gasteiger partial charge < -0.3 is 10.1 Å². The van der Waals surface area contributed by atoms with Crippen molar-refractivity contribution in [2.45, 2.75) is 18.3 Å². The van der Waals surface area contributed by atoms with Crippen LogP contribution in [0.4, 0.5) is 5.82 Å². The average Bonchev–Trinajstić information content (AvgIpc) is 3.06. The van der Waals surface area contributed by atoms with Crippen molar-refractivity contribution in [1.29, 1.82) is 0 Å². The molecule has 1 aliphatic carbocycles. The predicted octanol–water partition coefficient (Wildman–Crippen LogP) is 2.62. The van der Waals surface area contributed by atoms with Crippen LogP contribution in [0.3, 0.4) is 0 Å². The molecule has 1 amide bonds. The molecule has 1 atom stereocenters. The van der Waals surface area contributed by atoms with E-state index < -0.39 is 5.41 Å². The van der Waals surface area contributed by atoms with Gasteiger partial charge in [0, 0.05) is 16.2 Å². The molecule has 1 spiro atoms. The predicted molar refractivity (Wildman–Crippen MR) is 87.4 cm³/mol. The van der Waals surface area contributed by atoms with Crippen LogP contribution in [0.1, 0.15) is 27.0 Å². The zero-order valence-electron chi connectivity index (χ0n) is 12.4. The number of carbonyl (C=O) groups is 2. The first-order valence-corrected chi connectivity index (χ1v) is 8.00. The van der Waals surface area contributed by atoms with Crippen LogP contribution in [0.5, 0.6) is 0 Å². The number of anilines is 1. The lowest BCUT2D eigenvalue weighted by Gasteiger charge is -2.20. The minimum atomic E-state index is -0.636. The molecular formula is C17H13BrN2O3. The highest BCUT2D eigenvalue weighted by Gasteiger charge is 2.51. The van der Waals surface area contributed by atoms with E-state index in [1.165, 1.54) is 7.11 Å². The maximum atomic E-state index is 12.7. The number of hydrogen-bond acceptors (Lipinski definition) is 4. The Kier molecular flexibility index (Phi) is 3.06. The van der Waals surface area contributed by atoms with Crippen LogP contribution in [0.2, 0.25) is 0 Å². The highest BCUT2D eigenvalue weighted by molar-refractivity contribution is 9.10. The molecule has 2 heterocycles. The lowest BCUT2D eigenvalue weighted by atomic mass is 9.79. The third-order valence-electron chi connectivity index (χ3n) is 4.65. The number of nitrogens with zero attached hydrogens (tertiary/aromatic N) is 1. The van der Waals surface area contributed by atoms with Gasteiger partial charge in [0.15, 0.2) is 0 Å². The Balaban J connectivity index is 1.80. The number of rotatable bonds is 1. The Morgan fingerprint density at radius 3 is 2.87 bits per heavy atom.